The summed E-state index contributed by atoms with van der Waals surface area (Å²) in [6.45, 7) is 22.0. The molecule has 29 heavy (non-hydrogen) atoms. The highest BCUT2D eigenvalue weighted by molar-refractivity contribution is 6.99. The van der Waals surface area contributed by atoms with Crippen LogP contribution in [0.2, 0.25) is 24.7 Å². The summed E-state index contributed by atoms with van der Waals surface area (Å²) < 4.78 is 12.3. The van der Waals surface area contributed by atoms with Gasteiger partial charge >= 0.3 is 0 Å². The predicted octanol–water partition coefficient (Wildman–Crippen LogP) is 6.22. The summed E-state index contributed by atoms with van der Waals surface area (Å²) in [6.07, 6.45) is 0.609. The summed E-state index contributed by atoms with van der Waals surface area (Å²) in [4.78, 5) is 0. The third-order valence-electron chi connectivity index (χ3n) is 4.42. The van der Waals surface area contributed by atoms with E-state index >= 15 is 0 Å². The summed E-state index contributed by atoms with van der Waals surface area (Å²) in [5.74, 6) is 0. The second-order valence-corrected chi connectivity index (χ2v) is 18.8. The largest absolute Gasteiger partial charge is 0.415 e. The molecule has 0 N–H and O–H groups in total. The molecule has 0 radical (unpaired) electrons. The van der Waals surface area contributed by atoms with Gasteiger partial charge in [0.25, 0.3) is 8.32 Å². The van der Waals surface area contributed by atoms with E-state index in [1.807, 2.05) is 0 Å². The van der Waals surface area contributed by atoms with Gasteiger partial charge in [0.1, 0.15) is 0 Å². The van der Waals surface area contributed by atoms with Crippen LogP contribution in [-0.4, -0.2) is 28.8 Å². The minimum Gasteiger partial charge on any atom is -0.415 e. The second kappa shape index (κ2) is 10.7. The monoisotopic (exact) mass is 430 g/mol. The maximum atomic E-state index is 6.71. The van der Waals surface area contributed by atoms with Crippen LogP contribution in [0.4, 0.5) is 0 Å². The SMILES string of the molecule is CC(C)O[Si](C)(C)C.CC(C)O[Si](c1ccccc1)(c1ccccc1)C(C)(C)C. The molecule has 4 heteroatoms. The molecule has 2 nitrogen and oxygen atoms in total. The van der Waals surface area contributed by atoms with Crippen LogP contribution >= 0.6 is 0 Å². The molecule has 0 unspecified atom stereocenters. The summed E-state index contributed by atoms with van der Waals surface area (Å²) in [5.41, 5.74) is 0. The normalized spacial score (nSPS) is 12.7. The smallest absolute Gasteiger partial charge is 0.261 e. The summed E-state index contributed by atoms with van der Waals surface area (Å²) in [7, 11) is -3.53. The van der Waals surface area contributed by atoms with Gasteiger partial charge < -0.3 is 8.85 Å². The van der Waals surface area contributed by atoms with Crippen molar-refractivity contribution in [3.63, 3.8) is 0 Å². The van der Waals surface area contributed by atoms with Gasteiger partial charge in [0.2, 0.25) is 0 Å². The molecule has 0 aromatic heterocycles. The Morgan fingerprint density at radius 2 is 0.966 bits per heavy atom. The molecule has 0 amide bonds. The Balaban J connectivity index is 0.000000447. The van der Waals surface area contributed by atoms with Crippen LogP contribution in [-0.2, 0) is 8.85 Å². The van der Waals surface area contributed by atoms with Gasteiger partial charge in [-0.2, -0.15) is 0 Å². The number of rotatable bonds is 6. The molecule has 2 aromatic rings. The number of hydrogen-bond donors (Lipinski definition) is 0. The zero-order valence-corrected chi connectivity index (χ0v) is 22.2. The van der Waals surface area contributed by atoms with Crippen LogP contribution < -0.4 is 10.4 Å². The van der Waals surface area contributed by atoms with Gasteiger partial charge in [-0.15, -0.1) is 0 Å². The van der Waals surface area contributed by atoms with E-state index in [0.29, 0.717) is 6.10 Å². The molecular weight excluding hydrogens is 388 g/mol. The molecule has 0 aliphatic carbocycles. The lowest BCUT2D eigenvalue weighted by atomic mass is 10.2. The molecule has 0 heterocycles. The van der Waals surface area contributed by atoms with E-state index in [1.165, 1.54) is 10.4 Å². The molecule has 2 aromatic carbocycles. The number of hydrogen-bond acceptors (Lipinski definition) is 2. The average molecular weight is 431 g/mol. The fourth-order valence-electron chi connectivity index (χ4n) is 3.75. The third kappa shape index (κ3) is 7.85. The van der Waals surface area contributed by atoms with Gasteiger partial charge in [-0.25, -0.2) is 0 Å². The Kier molecular flexibility index (Phi) is 9.54. The van der Waals surface area contributed by atoms with Crippen molar-refractivity contribution in [1.29, 1.82) is 0 Å². The Labute approximate surface area is 181 Å². The van der Waals surface area contributed by atoms with Gasteiger partial charge in [-0.05, 0) is 62.7 Å². The molecule has 162 valence electrons. The van der Waals surface area contributed by atoms with Crippen LogP contribution in [0, 0.1) is 0 Å². The topological polar surface area (TPSA) is 18.5 Å². The van der Waals surface area contributed by atoms with Crippen molar-refractivity contribution in [1.82, 2.24) is 0 Å². The van der Waals surface area contributed by atoms with E-state index in [9.17, 15) is 0 Å². The fraction of sp³-hybridized carbons (Fsp3) is 0.520. The van der Waals surface area contributed by atoms with Crippen molar-refractivity contribution < 1.29 is 8.85 Å². The van der Waals surface area contributed by atoms with Crippen LogP contribution in [0.15, 0.2) is 60.7 Å². The molecule has 0 spiro atoms. The van der Waals surface area contributed by atoms with E-state index in [1.54, 1.807) is 0 Å². The van der Waals surface area contributed by atoms with Crippen molar-refractivity contribution >= 4 is 27.0 Å². The highest BCUT2D eigenvalue weighted by Gasteiger charge is 2.50. The predicted molar refractivity (Wildman–Crippen MR) is 133 cm³/mol. The first-order chi connectivity index (χ1) is 13.3. The first-order valence-corrected chi connectivity index (χ1v) is 16.1. The summed E-state index contributed by atoms with van der Waals surface area (Å²) >= 11 is 0. The molecule has 0 saturated carbocycles. The zero-order chi connectivity index (χ0) is 22.3. The van der Waals surface area contributed by atoms with Crippen LogP contribution in [0.25, 0.3) is 0 Å². The van der Waals surface area contributed by atoms with Crippen molar-refractivity contribution in [3.8, 4) is 0 Å². The first kappa shape index (κ1) is 25.8. The lowest BCUT2D eigenvalue weighted by Gasteiger charge is -2.44. The van der Waals surface area contributed by atoms with Crippen molar-refractivity contribution in [3.05, 3.63) is 60.7 Å². The second-order valence-electron chi connectivity index (χ2n) is 10.1. The van der Waals surface area contributed by atoms with E-state index in [-0.39, 0.29) is 11.1 Å². The highest BCUT2D eigenvalue weighted by Crippen LogP contribution is 2.37. The molecule has 0 saturated heterocycles. The minimum absolute atomic E-state index is 0.0694. The Bertz CT molecular complexity index is 660. The molecule has 0 aliphatic heterocycles. The van der Waals surface area contributed by atoms with Gasteiger partial charge in [0.05, 0.1) is 0 Å². The average Bonchev–Trinajstić information content (AvgIpc) is 2.58. The van der Waals surface area contributed by atoms with Gasteiger partial charge in [-0.1, -0.05) is 81.4 Å². The highest BCUT2D eigenvalue weighted by atomic mass is 28.4. The van der Waals surface area contributed by atoms with E-state index in [4.69, 9.17) is 8.85 Å². The zero-order valence-electron chi connectivity index (χ0n) is 20.2. The Morgan fingerprint density at radius 3 is 1.17 bits per heavy atom. The molecule has 0 aliphatic rings. The standard InChI is InChI=1S/C19H26OSi.C6H16OSi/c1-16(2)20-21(19(3,4)5,17-12-8-6-9-13-17)18-14-10-7-11-15-18;1-6(2)7-8(3,4)5/h6-16H,1-5H3;6H,1-5H3. The van der Waals surface area contributed by atoms with Crippen molar-refractivity contribution in [2.45, 2.75) is 85.4 Å². The molecule has 0 atom stereocenters. The van der Waals surface area contributed by atoms with Gasteiger partial charge in [0, 0.05) is 12.2 Å². The molecule has 0 bridgehead atoms. The van der Waals surface area contributed by atoms with E-state index in [2.05, 4.69) is 129 Å². The van der Waals surface area contributed by atoms with Crippen LogP contribution in [0.1, 0.15) is 48.5 Å². The minimum atomic E-state index is -2.31. The van der Waals surface area contributed by atoms with Crippen LogP contribution in [0.3, 0.4) is 0 Å². The maximum Gasteiger partial charge on any atom is 0.261 e. The molecular formula is C25H42O2Si2. The van der Waals surface area contributed by atoms with Gasteiger partial charge in [0.15, 0.2) is 8.32 Å². The van der Waals surface area contributed by atoms with E-state index < -0.39 is 16.6 Å². The van der Waals surface area contributed by atoms with Gasteiger partial charge in [-0.3, -0.25) is 0 Å². The first-order valence-electron chi connectivity index (χ1n) is 10.8. The summed E-state index contributed by atoms with van der Waals surface area (Å²) in [5, 5.41) is 2.76. The maximum absolute atomic E-state index is 6.71. The lowest BCUT2D eigenvalue weighted by molar-refractivity contribution is 0.226. The quantitative estimate of drug-likeness (QED) is 0.507. The van der Waals surface area contributed by atoms with Crippen molar-refractivity contribution in [2.75, 3.05) is 0 Å². The molecule has 0 fully saturated rings. The Morgan fingerprint density at radius 1 is 0.621 bits per heavy atom. The fourth-order valence-corrected chi connectivity index (χ4v) is 9.89. The lowest BCUT2D eigenvalue weighted by Crippen LogP contribution is -2.67. The number of benzene rings is 2. The molecule has 2 rings (SSSR count). The third-order valence-corrected chi connectivity index (χ3v) is 10.8. The summed E-state index contributed by atoms with van der Waals surface area (Å²) in [6, 6.07) is 21.5. The van der Waals surface area contributed by atoms with Crippen LogP contribution in [0.5, 0.6) is 0 Å². The van der Waals surface area contributed by atoms with Crippen molar-refractivity contribution in [2.24, 2.45) is 0 Å². The van der Waals surface area contributed by atoms with E-state index in [0.717, 1.165) is 0 Å². The Hall–Kier alpha value is -1.21.